The SMILES string of the molecule is CCNC(=NCc1nnc2n1CCCC2)N1CCN(C(=O)OCC)CC1. The first kappa shape index (κ1) is 18.5. The van der Waals surface area contributed by atoms with Crippen LogP contribution in [0.2, 0.25) is 0 Å². The number of hydrogen-bond acceptors (Lipinski definition) is 5. The van der Waals surface area contributed by atoms with Crippen LogP contribution in [0, 0.1) is 0 Å². The van der Waals surface area contributed by atoms with Crippen molar-refractivity contribution in [1.82, 2.24) is 29.9 Å². The number of aryl methyl sites for hydroxylation is 1. The summed E-state index contributed by atoms with van der Waals surface area (Å²) in [4.78, 5) is 20.5. The highest BCUT2D eigenvalue weighted by molar-refractivity contribution is 5.80. The number of hydrogen-bond donors (Lipinski definition) is 1. The number of carbonyl (C=O) groups excluding carboxylic acids is 1. The summed E-state index contributed by atoms with van der Waals surface area (Å²) >= 11 is 0. The molecule has 3 heterocycles. The lowest BCUT2D eigenvalue weighted by Gasteiger charge is -2.35. The van der Waals surface area contributed by atoms with E-state index in [0.717, 1.165) is 50.2 Å². The zero-order valence-corrected chi connectivity index (χ0v) is 15.8. The number of piperazine rings is 1. The minimum absolute atomic E-state index is 0.232. The van der Waals surface area contributed by atoms with Crippen molar-refractivity contribution in [2.24, 2.45) is 4.99 Å². The minimum atomic E-state index is -0.232. The molecule has 1 saturated heterocycles. The predicted molar refractivity (Wildman–Crippen MR) is 97.9 cm³/mol. The second-order valence-corrected chi connectivity index (χ2v) is 6.48. The Morgan fingerprint density at radius 1 is 1.12 bits per heavy atom. The molecule has 9 nitrogen and oxygen atoms in total. The molecule has 1 fully saturated rings. The number of rotatable bonds is 4. The van der Waals surface area contributed by atoms with Gasteiger partial charge < -0.3 is 24.4 Å². The summed E-state index contributed by atoms with van der Waals surface area (Å²) in [5.41, 5.74) is 0. The first-order valence-corrected chi connectivity index (χ1v) is 9.58. The van der Waals surface area contributed by atoms with Gasteiger partial charge in [0, 0.05) is 45.7 Å². The van der Waals surface area contributed by atoms with Crippen LogP contribution >= 0.6 is 0 Å². The number of aromatic nitrogens is 3. The third-order valence-corrected chi connectivity index (χ3v) is 4.75. The molecule has 0 spiro atoms. The molecule has 0 unspecified atom stereocenters. The summed E-state index contributed by atoms with van der Waals surface area (Å²) in [7, 11) is 0. The van der Waals surface area contributed by atoms with Crippen molar-refractivity contribution in [3.8, 4) is 0 Å². The Kier molecular flexibility index (Phi) is 6.30. The molecule has 9 heteroatoms. The molecule has 1 amide bonds. The van der Waals surface area contributed by atoms with Crippen molar-refractivity contribution in [1.29, 1.82) is 0 Å². The van der Waals surface area contributed by atoms with E-state index in [4.69, 9.17) is 9.73 Å². The van der Waals surface area contributed by atoms with Crippen LogP contribution in [0.5, 0.6) is 0 Å². The number of aliphatic imine (C=N–C) groups is 1. The quantitative estimate of drug-likeness (QED) is 0.630. The summed E-state index contributed by atoms with van der Waals surface area (Å²) < 4.78 is 7.28. The van der Waals surface area contributed by atoms with Gasteiger partial charge in [-0.05, 0) is 26.7 Å². The molecule has 2 aliphatic heterocycles. The lowest BCUT2D eigenvalue weighted by molar-refractivity contribution is 0.0914. The summed E-state index contributed by atoms with van der Waals surface area (Å²) in [6.07, 6.45) is 3.14. The Morgan fingerprint density at radius 3 is 2.62 bits per heavy atom. The molecule has 144 valence electrons. The van der Waals surface area contributed by atoms with Gasteiger partial charge in [-0.3, -0.25) is 0 Å². The van der Waals surface area contributed by atoms with Gasteiger partial charge in [0.25, 0.3) is 0 Å². The Bertz CT molecular complexity index is 635. The predicted octanol–water partition coefficient (Wildman–Crippen LogP) is 0.854. The average molecular weight is 363 g/mol. The molecule has 0 bridgehead atoms. The molecule has 0 saturated carbocycles. The minimum Gasteiger partial charge on any atom is -0.450 e. The van der Waals surface area contributed by atoms with E-state index < -0.39 is 0 Å². The first-order chi connectivity index (χ1) is 12.7. The number of nitrogens with zero attached hydrogens (tertiary/aromatic N) is 6. The number of nitrogens with one attached hydrogen (secondary N) is 1. The van der Waals surface area contributed by atoms with Crippen LogP contribution in [0.1, 0.15) is 38.3 Å². The molecule has 1 N–H and O–H groups in total. The monoisotopic (exact) mass is 363 g/mol. The third-order valence-electron chi connectivity index (χ3n) is 4.75. The molecule has 0 aliphatic carbocycles. The van der Waals surface area contributed by atoms with E-state index in [-0.39, 0.29) is 6.09 Å². The van der Waals surface area contributed by atoms with Crippen molar-refractivity contribution in [3.05, 3.63) is 11.6 Å². The Morgan fingerprint density at radius 2 is 1.88 bits per heavy atom. The van der Waals surface area contributed by atoms with E-state index in [2.05, 4.69) is 31.9 Å². The molecule has 3 rings (SSSR count). The maximum atomic E-state index is 11.8. The van der Waals surface area contributed by atoms with Crippen LogP contribution < -0.4 is 5.32 Å². The molecule has 1 aromatic heterocycles. The van der Waals surface area contributed by atoms with E-state index in [0.29, 0.717) is 26.2 Å². The fraction of sp³-hybridized carbons (Fsp3) is 0.765. The van der Waals surface area contributed by atoms with Gasteiger partial charge in [-0.2, -0.15) is 0 Å². The maximum Gasteiger partial charge on any atom is 0.409 e. The van der Waals surface area contributed by atoms with E-state index in [9.17, 15) is 4.79 Å². The second kappa shape index (κ2) is 8.86. The number of guanidine groups is 1. The fourth-order valence-electron chi connectivity index (χ4n) is 3.37. The van der Waals surface area contributed by atoms with Gasteiger partial charge in [-0.15, -0.1) is 10.2 Å². The van der Waals surface area contributed by atoms with Gasteiger partial charge in [-0.1, -0.05) is 0 Å². The van der Waals surface area contributed by atoms with Gasteiger partial charge in [0.05, 0.1) is 6.61 Å². The molecular weight excluding hydrogens is 334 g/mol. The molecule has 0 atom stereocenters. The van der Waals surface area contributed by atoms with Crippen molar-refractivity contribution >= 4 is 12.1 Å². The number of fused-ring (bicyclic) bond motifs is 1. The summed E-state index contributed by atoms with van der Waals surface area (Å²) in [5, 5.41) is 12.0. The standard InChI is InChI=1S/C17H29N7O2/c1-3-18-16(22-9-11-23(12-10-22)17(25)26-4-2)19-13-15-21-20-14-7-5-6-8-24(14)15/h3-13H2,1-2H3,(H,18,19). The highest BCUT2D eigenvalue weighted by Gasteiger charge is 2.24. The lowest BCUT2D eigenvalue weighted by Crippen LogP contribution is -2.53. The zero-order valence-electron chi connectivity index (χ0n) is 15.8. The van der Waals surface area contributed by atoms with Crippen LogP contribution in [0.25, 0.3) is 0 Å². The summed E-state index contributed by atoms with van der Waals surface area (Å²) in [6.45, 7) is 9.37. The highest BCUT2D eigenvalue weighted by Crippen LogP contribution is 2.15. The largest absolute Gasteiger partial charge is 0.450 e. The van der Waals surface area contributed by atoms with Gasteiger partial charge in [-0.25, -0.2) is 9.79 Å². The molecule has 0 radical (unpaired) electrons. The van der Waals surface area contributed by atoms with Crippen molar-refractivity contribution in [2.75, 3.05) is 39.3 Å². The van der Waals surface area contributed by atoms with Gasteiger partial charge >= 0.3 is 6.09 Å². The fourth-order valence-corrected chi connectivity index (χ4v) is 3.37. The molecule has 0 aromatic carbocycles. The second-order valence-electron chi connectivity index (χ2n) is 6.48. The first-order valence-electron chi connectivity index (χ1n) is 9.58. The molecule has 2 aliphatic rings. The molecule has 26 heavy (non-hydrogen) atoms. The van der Waals surface area contributed by atoms with E-state index in [1.165, 1.54) is 12.8 Å². The molecule has 1 aromatic rings. The summed E-state index contributed by atoms with van der Waals surface area (Å²) in [5.74, 6) is 2.87. The van der Waals surface area contributed by atoms with Gasteiger partial charge in [0.2, 0.25) is 0 Å². The van der Waals surface area contributed by atoms with Crippen LogP contribution in [-0.4, -0.2) is 75.9 Å². The van der Waals surface area contributed by atoms with Gasteiger partial charge in [0.1, 0.15) is 12.4 Å². The van der Waals surface area contributed by atoms with Crippen LogP contribution in [0.15, 0.2) is 4.99 Å². The van der Waals surface area contributed by atoms with E-state index in [1.807, 2.05) is 6.92 Å². The number of carbonyl (C=O) groups is 1. The lowest BCUT2D eigenvalue weighted by atomic mass is 10.2. The zero-order chi connectivity index (χ0) is 18.4. The maximum absolute atomic E-state index is 11.8. The van der Waals surface area contributed by atoms with Crippen LogP contribution in [0.4, 0.5) is 4.79 Å². The summed E-state index contributed by atoms with van der Waals surface area (Å²) in [6, 6.07) is 0. The van der Waals surface area contributed by atoms with Crippen LogP contribution in [0.3, 0.4) is 0 Å². The average Bonchev–Trinajstić information content (AvgIpc) is 3.09. The highest BCUT2D eigenvalue weighted by atomic mass is 16.6. The topological polar surface area (TPSA) is 87.9 Å². The van der Waals surface area contributed by atoms with Crippen molar-refractivity contribution < 1.29 is 9.53 Å². The van der Waals surface area contributed by atoms with E-state index >= 15 is 0 Å². The Balaban J connectivity index is 1.61. The molecular formula is C17H29N7O2. The normalized spacial score (nSPS) is 17.8. The Labute approximate surface area is 154 Å². The smallest absolute Gasteiger partial charge is 0.409 e. The number of amides is 1. The number of ether oxygens (including phenoxy) is 1. The third kappa shape index (κ3) is 4.25. The van der Waals surface area contributed by atoms with E-state index in [1.54, 1.807) is 4.90 Å². The van der Waals surface area contributed by atoms with Crippen molar-refractivity contribution in [3.63, 3.8) is 0 Å². The van der Waals surface area contributed by atoms with Gasteiger partial charge in [0.15, 0.2) is 11.8 Å². The Hall–Kier alpha value is -2.32. The van der Waals surface area contributed by atoms with Crippen molar-refractivity contribution in [2.45, 2.75) is 46.2 Å². The van der Waals surface area contributed by atoms with Crippen LogP contribution in [-0.2, 0) is 24.2 Å².